The Morgan fingerprint density at radius 3 is 2.65 bits per heavy atom. The van der Waals surface area contributed by atoms with Gasteiger partial charge < -0.3 is 4.98 Å². The van der Waals surface area contributed by atoms with Gasteiger partial charge in [0, 0.05) is 27.6 Å². The lowest BCUT2D eigenvalue weighted by molar-refractivity contribution is 1.26. The van der Waals surface area contributed by atoms with Gasteiger partial charge in [-0.3, -0.25) is 4.79 Å². The van der Waals surface area contributed by atoms with Crippen molar-refractivity contribution in [3.05, 3.63) is 76.1 Å². The van der Waals surface area contributed by atoms with Gasteiger partial charge in [-0.15, -0.1) is 11.8 Å². The topological polar surface area (TPSA) is 32.9 Å². The molecule has 3 aromatic rings. The van der Waals surface area contributed by atoms with Crippen molar-refractivity contribution in [2.75, 3.05) is 0 Å². The van der Waals surface area contributed by atoms with E-state index in [1.807, 2.05) is 13.0 Å². The van der Waals surface area contributed by atoms with Crippen molar-refractivity contribution in [1.82, 2.24) is 4.98 Å². The molecule has 2 nitrogen and oxygen atoms in total. The van der Waals surface area contributed by atoms with E-state index in [2.05, 4.69) is 47.4 Å². The first kappa shape index (κ1) is 13.0. The molecule has 0 amide bonds. The number of rotatable bonds is 3. The summed E-state index contributed by atoms with van der Waals surface area (Å²) in [6.45, 7) is 1.97. The molecule has 0 saturated heterocycles. The van der Waals surface area contributed by atoms with Crippen LogP contribution in [0.4, 0.5) is 0 Å². The number of aromatic amines is 1. The fourth-order valence-electron chi connectivity index (χ4n) is 2.24. The van der Waals surface area contributed by atoms with Crippen LogP contribution in [0, 0.1) is 6.92 Å². The van der Waals surface area contributed by atoms with E-state index < -0.39 is 0 Å². The lowest BCUT2D eigenvalue weighted by atomic mass is 10.1. The van der Waals surface area contributed by atoms with Crippen molar-refractivity contribution in [2.45, 2.75) is 17.6 Å². The van der Waals surface area contributed by atoms with Gasteiger partial charge in [-0.05, 0) is 30.2 Å². The molecule has 2 aromatic carbocycles. The predicted octanol–water partition coefficient (Wildman–Crippen LogP) is 4.13. The van der Waals surface area contributed by atoms with Gasteiger partial charge in [-0.2, -0.15) is 0 Å². The molecule has 0 fully saturated rings. The standard InChI is InChI=1S/C17H15NOS/c1-12-9-17(19)18-16-10-14(7-8-15(12)16)20-11-13-5-3-2-4-6-13/h2-10H,11H2,1H3,(H,18,19). The van der Waals surface area contributed by atoms with Crippen LogP contribution >= 0.6 is 11.8 Å². The molecular formula is C17H15NOS. The third kappa shape index (κ3) is 2.78. The third-order valence-corrected chi connectivity index (χ3v) is 4.33. The fourth-order valence-corrected chi connectivity index (χ4v) is 3.14. The van der Waals surface area contributed by atoms with Crippen molar-refractivity contribution in [2.24, 2.45) is 0 Å². The molecule has 0 aliphatic heterocycles. The second kappa shape index (κ2) is 5.55. The fraction of sp³-hybridized carbons (Fsp3) is 0.118. The van der Waals surface area contributed by atoms with Crippen LogP contribution in [0.25, 0.3) is 10.9 Å². The molecule has 1 aromatic heterocycles. The molecule has 0 unspecified atom stereocenters. The van der Waals surface area contributed by atoms with Crippen LogP contribution in [-0.4, -0.2) is 4.98 Å². The Morgan fingerprint density at radius 2 is 1.85 bits per heavy atom. The van der Waals surface area contributed by atoms with Gasteiger partial charge in [0.25, 0.3) is 0 Å². The monoisotopic (exact) mass is 281 g/mol. The second-order valence-corrected chi connectivity index (χ2v) is 5.85. The molecule has 1 heterocycles. The van der Waals surface area contributed by atoms with Crippen LogP contribution in [0.15, 0.2) is 64.3 Å². The molecule has 0 aliphatic rings. The summed E-state index contributed by atoms with van der Waals surface area (Å²) < 4.78 is 0. The smallest absolute Gasteiger partial charge is 0.248 e. The van der Waals surface area contributed by atoms with Crippen LogP contribution in [0.1, 0.15) is 11.1 Å². The molecule has 0 saturated carbocycles. The lowest BCUT2D eigenvalue weighted by Crippen LogP contribution is -2.04. The number of benzene rings is 2. The van der Waals surface area contributed by atoms with Crippen LogP contribution in [-0.2, 0) is 5.75 Å². The number of fused-ring (bicyclic) bond motifs is 1. The highest BCUT2D eigenvalue weighted by molar-refractivity contribution is 7.98. The van der Waals surface area contributed by atoms with E-state index in [-0.39, 0.29) is 5.56 Å². The number of H-pyrrole nitrogens is 1. The maximum Gasteiger partial charge on any atom is 0.248 e. The minimum Gasteiger partial charge on any atom is -0.322 e. The molecule has 0 spiro atoms. The van der Waals surface area contributed by atoms with E-state index in [0.717, 1.165) is 22.2 Å². The highest BCUT2D eigenvalue weighted by Gasteiger charge is 2.02. The Kier molecular flexibility index (Phi) is 3.61. The Labute approximate surface area is 121 Å². The summed E-state index contributed by atoms with van der Waals surface area (Å²) in [5.74, 6) is 0.933. The van der Waals surface area contributed by atoms with E-state index in [4.69, 9.17) is 0 Å². The zero-order valence-corrected chi connectivity index (χ0v) is 12.0. The van der Waals surface area contributed by atoms with Gasteiger partial charge in [0.05, 0.1) is 0 Å². The number of hydrogen-bond donors (Lipinski definition) is 1. The van der Waals surface area contributed by atoms with E-state index >= 15 is 0 Å². The molecule has 0 aliphatic carbocycles. The summed E-state index contributed by atoms with van der Waals surface area (Å²) in [6, 6.07) is 18.3. The van der Waals surface area contributed by atoms with Crippen molar-refractivity contribution in [3.63, 3.8) is 0 Å². The average Bonchev–Trinajstić information content (AvgIpc) is 2.45. The van der Waals surface area contributed by atoms with Crippen LogP contribution in [0.5, 0.6) is 0 Å². The maximum absolute atomic E-state index is 11.5. The van der Waals surface area contributed by atoms with Crippen molar-refractivity contribution in [1.29, 1.82) is 0 Å². The van der Waals surface area contributed by atoms with E-state index in [9.17, 15) is 4.79 Å². The highest BCUT2D eigenvalue weighted by atomic mass is 32.2. The first-order valence-corrected chi connectivity index (χ1v) is 7.51. The number of aromatic nitrogens is 1. The first-order chi connectivity index (χ1) is 9.72. The minimum absolute atomic E-state index is 0.0415. The zero-order valence-electron chi connectivity index (χ0n) is 11.2. The van der Waals surface area contributed by atoms with E-state index in [1.165, 1.54) is 10.5 Å². The molecule has 20 heavy (non-hydrogen) atoms. The quantitative estimate of drug-likeness (QED) is 0.732. The summed E-state index contributed by atoms with van der Waals surface area (Å²) in [6.07, 6.45) is 0. The van der Waals surface area contributed by atoms with Gasteiger partial charge in [-0.1, -0.05) is 36.4 Å². The molecule has 3 rings (SSSR count). The summed E-state index contributed by atoms with van der Waals surface area (Å²) in [5.41, 5.74) is 3.19. The first-order valence-electron chi connectivity index (χ1n) is 6.53. The Morgan fingerprint density at radius 1 is 1.05 bits per heavy atom. The lowest BCUT2D eigenvalue weighted by Gasteiger charge is -2.05. The number of hydrogen-bond acceptors (Lipinski definition) is 2. The molecule has 0 bridgehead atoms. The van der Waals surface area contributed by atoms with Crippen molar-refractivity contribution < 1.29 is 0 Å². The second-order valence-electron chi connectivity index (χ2n) is 4.80. The normalized spacial score (nSPS) is 10.8. The van der Waals surface area contributed by atoms with Gasteiger partial charge in [0.2, 0.25) is 5.56 Å². The number of aryl methyl sites for hydroxylation is 1. The Hall–Kier alpha value is -2.00. The predicted molar refractivity (Wildman–Crippen MR) is 85.3 cm³/mol. The van der Waals surface area contributed by atoms with Crippen LogP contribution < -0.4 is 5.56 Å². The third-order valence-electron chi connectivity index (χ3n) is 3.27. The summed E-state index contributed by atoms with van der Waals surface area (Å²) in [7, 11) is 0. The van der Waals surface area contributed by atoms with Crippen molar-refractivity contribution >= 4 is 22.7 Å². The summed E-state index contributed by atoms with van der Waals surface area (Å²) in [4.78, 5) is 15.6. The van der Waals surface area contributed by atoms with Gasteiger partial charge in [0.15, 0.2) is 0 Å². The molecule has 1 N–H and O–H groups in total. The maximum atomic E-state index is 11.5. The molecular weight excluding hydrogens is 266 g/mol. The Bertz CT molecular complexity index is 793. The Balaban J connectivity index is 1.88. The SMILES string of the molecule is Cc1cc(=O)[nH]c2cc(SCc3ccccc3)ccc12. The molecule has 100 valence electrons. The van der Waals surface area contributed by atoms with Crippen LogP contribution in [0.2, 0.25) is 0 Å². The minimum atomic E-state index is -0.0415. The van der Waals surface area contributed by atoms with Gasteiger partial charge in [-0.25, -0.2) is 0 Å². The van der Waals surface area contributed by atoms with Gasteiger partial charge in [0.1, 0.15) is 0 Å². The molecule has 0 atom stereocenters. The van der Waals surface area contributed by atoms with E-state index in [1.54, 1.807) is 17.8 Å². The summed E-state index contributed by atoms with van der Waals surface area (Å²) >= 11 is 1.78. The largest absolute Gasteiger partial charge is 0.322 e. The average molecular weight is 281 g/mol. The molecule has 3 heteroatoms. The number of thioether (sulfide) groups is 1. The zero-order chi connectivity index (χ0) is 13.9. The summed E-state index contributed by atoms with van der Waals surface area (Å²) in [5, 5.41) is 1.11. The van der Waals surface area contributed by atoms with Crippen LogP contribution in [0.3, 0.4) is 0 Å². The van der Waals surface area contributed by atoms with Gasteiger partial charge >= 0.3 is 0 Å². The van der Waals surface area contributed by atoms with Crippen molar-refractivity contribution in [3.8, 4) is 0 Å². The molecule has 0 radical (unpaired) electrons. The number of pyridine rings is 1. The number of nitrogens with one attached hydrogen (secondary N) is 1. The highest BCUT2D eigenvalue weighted by Crippen LogP contribution is 2.26. The van der Waals surface area contributed by atoms with E-state index in [0.29, 0.717) is 0 Å².